The first-order chi connectivity index (χ1) is 12.6. The number of aliphatic imine (C=N–C) groups is 1. The lowest BCUT2D eigenvalue weighted by Crippen LogP contribution is -2.46. The quantitative estimate of drug-likeness (QED) is 0.402. The molecule has 1 aliphatic heterocycles. The molecule has 0 aromatic carbocycles. The van der Waals surface area contributed by atoms with Crippen LogP contribution in [0.25, 0.3) is 0 Å². The van der Waals surface area contributed by atoms with E-state index in [1.54, 1.807) is 20.4 Å². The number of pyridine rings is 1. The molecule has 1 unspecified atom stereocenters. The topological polar surface area (TPSA) is 102 Å². The standard InChI is InChI=1S/C18H29N5O3/c1-20-18(23-8-4-5-14(13-23)11-16(19)24)22-12-15-6-3-7-21-17(15)26-10-9-25-2/h3,6-7,14H,4-5,8-13H2,1-2H3,(H2,19,24)(H,20,22). The molecule has 1 saturated heterocycles. The number of aromatic nitrogens is 1. The van der Waals surface area contributed by atoms with E-state index in [0.717, 1.165) is 37.5 Å². The molecule has 0 spiro atoms. The number of methoxy groups -OCH3 is 1. The SMILES string of the molecule is CN=C(NCc1cccnc1OCCOC)N1CCCC(CC(N)=O)C1. The average molecular weight is 363 g/mol. The minimum atomic E-state index is -0.243. The summed E-state index contributed by atoms with van der Waals surface area (Å²) in [4.78, 5) is 22.0. The second-order valence-electron chi connectivity index (χ2n) is 6.33. The van der Waals surface area contributed by atoms with Crippen molar-refractivity contribution in [2.45, 2.75) is 25.8 Å². The number of carbonyl (C=O) groups excluding carboxylic acids is 1. The van der Waals surface area contributed by atoms with Gasteiger partial charge in [-0.2, -0.15) is 0 Å². The largest absolute Gasteiger partial charge is 0.475 e. The molecule has 1 aromatic heterocycles. The lowest BCUT2D eigenvalue weighted by molar-refractivity contribution is -0.119. The van der Waals surface area contributed by atoms with Gasteiger partial charge in [0.2, 0.25) is 11.8 Å². The fourth-order valence-electron chi connectivity index (χ4n) is 3.13. The molecule has 1 fully saturated rings. The number of nitrogens with one attached hydrogen (secondary N) is 1. The maximum absolute atomic E-state index is 11.2. The summed E-state index contributed by atoms with van der Waals surface area (Å²) in [6, 6.07) is 3.86. The van der Waals surface area contributed by atoms with Gasteiger partial charge >= 0.3 is 0 Å². The first-order valence-electron chi connectivity index (χ1n) is 8.93. The number of nitrogens with zero attached hydrogens (tertiary/aromatic N) is 3. The predicted molar refractivity (Wildman–Crippen MR) is 99.9 cm³/mol. The van der Waals surface area contributed by atoms with E-state index in [2.05, 4.69) is 20.2 Å². The van der Waals surface area contributed by atoms with Gasteiger partial charge in [0.05, 0.1) is 6.61 Å². The van der Waals surface area contributed by atoms with Crippen molar-refractivity contribution in [3.8, 4) is 5.88 Å². The molecular formula is C18H29N5O3. The van der Waals surface area contributed by atoms with Gasteiger partial charge in [-0.25, -0.2) is 4.98 Å². The Labute approximate surface area is 154 Å². The van der Waals surface area contributed by atoms with Crippen LogP contribution in [0.2, 0.25) is 0 Å². The van der Waals surface area contributed by atoms with Crippen LogP contribution >= 0.6 is 0 Å². The first kappa shape index (κ1) is 20.0. The molecule has 2 rings (SSSR count). The first-order valence-corrected chi connectivity index (χ1v) is 8.93. The van der Waals surface area contributed by atoms with Crippen molar-refractivity contribution >= 4 is 11.9 Å². The normalized spacial score (nSPS) is 17.8. The third-order valence-electron chi connectivity index (χ3n) is 4.33. The molecule has 144 valence electrons. The Morgan fingerprint density at radius 2 is 2.35 bits per heavy atom. The van der Waals surface area contributed by atoms with Gasteiger partial charge < -0.3 is 25.4 Å². The van der Waals surface area contributed by atoms with Crippen molar-refractivity contribution in [3.05, 3.63) is 23.9 Å². The van der Waals surface area contributed by atoms with E-state index in [9.17, 15) is 4.79 Å². The number of guanidine groups is 1. The highest BCUT2D eigenvalue weighted by Crippen LogP contribution is 2.20. The highest BCUT2D eigenvalue weighted by atomic mass is 16.5. The van der Waals surface area contributed by atoms with E-state index in [-0.39, 0.29) is 11.8 Å². The molecule has 3 N–H and O–H groups in total. The maximum Gasteiger partial charge on any atom is 0.218 e. The number of piperidine rings is 1. The second kappa shape index (κ2) is 10.6. The van der Waals surface area contributed by atoms with Crippen LogP contribution in [0.4, 0.5) is 0 Å². The Bertz CT molecular complexity index is 608. The molecule has 1 aliphatic rings. The fourth-order valence-corrected chi connectivity index (χ4v) is 3.13. The van der Waals surface area contributed by atoms with Crippen LogP contribution in [0, 0.1) is 5.92 Å². The monoisotopic (exact) mass is 363 g/mol. The lowest BCUT2D eigenvalue weighted by atomic mass is 9.95. The summed E-state index contributed by atoms with van der Waals surface area (Å²) in [6.45, 7) is 3.22. The molecule has 26 heavy (non-hydrogen) atoms. The van der Waals surface area contributed by atoms with E-state index >= 15 is 0 Å². The van der Waals surface area contributed by atoms with Crippen LogP contribution < -0.4 is 15.8 Å². The number of nitrogens with two attached hydrogens (primary N) is 1. The predicted octanol–water partition coefficient (Wildman–Crippen LogP) is 0.770. The molecule has 0 bridgehead atoms. The van der Waals surface area contributed by atoms with Crippen LogP contribution in [0.5, 0.6) is 5.88 Å². The minimum absolute atomic E-state index is 0.243. The third kappa shape index (κ3) is 6.18. The molecule has 1 atom stereocenters. The number of hydrogen-bond donors (Lipinski definition) is 2. The van der Waals surface area contributed by atoms with Gasteiger partial charge in [-0.1, -0.05) is 6.07 Å². The molecule has 2 heterocycles. The second-order valence-corrected chi connectivity index (χ2v) is 6.33. The van der Waals surface area contributed by atoms with Crippen molar-refractivity contribution in [3.63, 3.8) is 0 Å². The minimum Gasteiger partial charge on any atom is -0.475 e. The summed E-state index contributed by atoms with van der Waals surface area (Å²) in [5.41, 5.74) is 6.30. The van der Waals surface area contributed by atoms with Gasteiger partial charge in [0.25, 0.3) is 0 Å². The summed E-state index contributed by atoms with van der Waals surface area (Å²) < 4.78 is 10.7. The van der Waals surface area contributed by atoms with Crippen molar-refractivity contribution in [1.82, 2.24) is 15.2 Å². The maximum atomic E-state index is 11.2. The lowest BCUT2D eigenvalue weighted by Gasteiger charge is -2.34. The number of ether oxygens (including phenoxy) is 2. The van der Waals surface area contributed by atoms with Crippen molar-refractivity contribution in [2.75, 3.05) is 40.5 Å². The van der Waals surface area contributed by atoms with Crippen LogP contribution in [0.3, 0.4) is 0 Å². The molecule has 0 saturated carbocycles. The number of hydrogen-bond acceptors (Lipinski definition) is 5. The number of rotatable bonds is 8. The van der Waals surface area contributed by atoms with Crippen molar-refractivity contribution < 1.29 is 14.3 Å². The Morgan fingerprint density at radius 3 is 3.08 bits per heavy atom. The number of carbonyl (C=O) groups is 1. The smallest absolute Gasteiger partial charge is 0.218 e. The third-order valence-corrected chi connectivity index (χ3v) is 4.33. The van der Waals surface area contributed by atoms with E-state index in [0.29, 0.717) is 32.1 Å². The van der Waals surface area contributed by atoms with Gasteiger partial charge in [0, 0.05) is 52.0 Å². The van der Waals surface area contributed by atoms with E-state index < -0.39 is 0 Å². The zero-order valence-electron chi connectivity index (χ0n) is 15.6. The Morgan fingerprint density at radius 1 is 1.50 bits per heavy atom. The van der Waals surface area contributed by atoms with Crippen molar-refractivity contribution in [2.24, 2.45) is 16.6 Å². The van der Waals surface area contributed by atoms with Crippen LogP contribution in [0.1, 0.15) is 24.8 Å². The number of primary amides is 1. The zero-order valence-corrected chi connectivity index (χ0v) is 15.6. The number of amides is 1. The Kier molecular flexibility index (Phi) is 8.14. The molecule has 8 nitrogen and oxygen atoms in total. The molecule has 0 radical (unpaired) electrons. The molecule has 1 amide bonds. The highest BCUT2D eigenvalue weighted by molar-refractivity contribution is 5.80. The van der Waals surface area contributed by atoms with Gasteiger partial charge in [-0.05, 0) is 24.8 Å². The van der Waals surface area contributed by atoms with Crippen molar-refractivity contribution in [1.29, 1.82) is 0 Å². The van der Waals surface area contributed by atoms with Gasteiger partial charge in [0.1, 0.15) is 6.61 Å². The molecular weight excluding hydrogens is 334 g/mol. The van der Waals surface area contributed by atoms with E-state index in [4.69, 9.17) is 15.2 Å². The van der Waals surface area contributed by atoms with Crippen LogP contribution in [-0.2, 0) is 16.1 Å². The summed E-state index contributed by atoms with van der Waals surface area (Å²) in [6.07, 6.45) is 4.18. The molecule has 8 heteroatoms. The molecule has 0 aliphatic carbocycles. The Hall–Kier alpha value is -2.35. The fraction of sp³-hybridized carbons (Fsp3) is 0.611. The van der Waals surface area contributed by atoms with E-state index in [1.165, 1.54) is 0 Å². The van der Waals surface area contributed by atoms with E-state index in [1.807, 2.05) is 12.1 Å². The van der Waals surface area contributed by atoms with Crippen LogP contribution in [-0.4, -0.2) is 62.2 Å². The zero-order chi connectivity index (χ0) is 18.8. The highest BCUT2D eigenvalue weighted by Gasteiger charge is 2.23. The summed E-state index contributed by atoms with van der Waals surface area (Å²) in [7, 11) is 3.40. The summed E-state index contributed by atoms with van der Waals surface area (Å²) >= 11 is 0. The summed E-state index contributed by atoms with van der Waals surface area (Å²) in [5.74, 6) is 1.45. The average Bonchev–Trinajstić information content (AvgIpc) is 2.63. The molecule has 1 aromatic rings. The Balaban J connectivity index is 1.93. The number of likely N-dealkylation sites (tertiary alicyclic amines) is 1. The van der Waals surface area contributed by atoms with Gasteiger partial charge in [0.15, 0.2) is 5.96 Å². The summed E-state index contributed by atoms with van der Waals surface area (Å²) in [5, 5.41) is 3.37. The van der Waals surface area contributed by atoms with Gasteiger partial charge in [-0.15, -0.1) is 0 Å². The van der Waals surface area contributed by atoms with Crippen LogP contribution in [0.15, 0.2) is 23.3 Å². The van der Waals surface area contributed by atoms with Gasteiger partial charge in [-0.3, -0.25) is 9.79 Å².